The molecular weight excluding hydrogens is 567 g/mol. The molecule has 0 unspecified atom stereocenters. The topological polar surface area (TPSA) is 38.7 Å². The molecule has 4 heterocycles. The summed E-state index contributed by atoms with van der Waals surface area (Å²) >= 11 is 1.84. The molecule has 3 nitrogen and oxygen atoms in total. The average Bonchev–Trinajstić information content (AvgIpc) is 3.49. The van der Waals surface area contributed by atoms with Crippen molar-refractivity contribution in [3.8, 4) is 22.5 Å². The largest absolute Gasteiger partial charge is 0.254 e. The molecule has 10 aromatic rings. The lowest BCUT2D eigenvalue weighted by molar-refractivity contribution is 1.37. The lowest BCUT2D eigenvalue weighted by Gasteiger charge is -2.14. The van der Waals surface area contributed by atoms with Crippen LogP contribution >= 0.6 is 11.3 Å². The van der Waals surface area contributed by atoms with Gasteiger partial charge in [0.25, 0.3) is 0 Å². The van der Waals surface area contributed by atoms with Gasteiger partial charge in [0.05, 0.1) is 27.9 Å². The summed E-state index contributed by atoms with van der Waals surface area (Å²) in [6.45, 7) is 0. The molecule has 0 saturated heterocycles. The Hall–Kier alpha value is -5.71. The number of hydrogen-bond acceptors (Lipinski definition) is 4. The number of hydrogen-bond donors (Lipinski definition) is 0. The first-order chi connectivity index (χ1) is 22.3. The van der Waals surface area contributed by atoms with Crippen molar-refractivity contribution in [2.75, 3.05) is 0 Å². The van der Waals surface area contributed by atoms with Crippen molar-refractivity contribution in [3.05, 3.63) is 140 Å². The van der Waals surface area contributed by atoms with E-state index in [2.05, 4.69) is 132 Å². The standard InChI is InChI=1S/C41H23N3S/c1-2-7-27-23-33-29(35-17-13-25-12-11-24-8-5-21-42-40(24)41(25)44-35)15-14-28(32(33)22-26(27)6-1)34-18-16-30-36(43-34)19-20-38-39(30)31-9-3-4-10-37(31)45-38/h1-23H. The number of thiophene rings is 1. The Labute approximate surface area is 262 Å². The van der Waals surface area contributed by atoms with Crippen LogP contribution in [-0.4, -0.2) is 15.0 Å². The molecule has 4 aromatic heterocycles. The van der Waals surface area contributed by atoms with E-state index in [1.165, 1.54) is 36.3 Å². The van der Waals surface area contributed by atoms with Gasteiger partial charge in [-0.15, -0.1) is 11.3 Å². The number of rotatable bonds is 2. The maximum Gasteiger partial charge on any atom is 0.0972 e. The predicted octanol–water partition coefficient (Wildman–Crippen LogP) is 11.3. The Morgan fingerprint density at radius 2 is 1.09 bits per heavy atom. The summed E-state index contributed by atoms with van der Waals surface area (Å²) in [6, 6.07) is 47.7. The van der Waals surface area contributed by atoms with E-state index in [0.29, 0.717) is 0 Å². The van der Waals surface area contributed by atoms with E-state index in [1.807, 2.05) is 23.6 Å². The van der Waals surface area contributed by atoms with Crippen LogP contribution in [0.2, 0.25) is 0 Å². The fourth-order valence-electron chi connectivity index (χ4n) is 6.93. The number of fused-ring (bicyclic) bond motifs is 10. The highest BCUT2D eigenvalue weighted by Gasteiger charge is 2.16. The fourth-order valence-corrected chi connectivity index (χ4v) is 8.05. The van der Waals surface area contributed by atoms with Crippen molar-refractivity contribution < 1.29 is 0 Å². The van der Waals surface area contributed by atoms with Crippen LogP contribution in [0.4, 0.5) is 0 Å². The molecule has 0 amide bonds. The minimum atomic E-state index is 0.923. The monoisotopic (exact) mass is 589 g/mol. The second kappa shape index (κ2) is 9.39. The highest BCUT2D eigenvalue weighted by atomic mass is 32.1. The highest BCUT2D eigenvalue weighted by Crippen LogP contribution is 2.41. The lowest BCUT2D eigenvalue weighted by Crippen LogP contribution is -1.92. The van der Waals surface area contributed by atoms with Crippen LogP contribution in [0, 0.1) is 0 Å². The number of pyridine rings is 3. The second-order valence-electron chi connectivity index (χ2n) is 11.6. The van der Waals surface area contributed by atoms with Gasteiger partial charge in [-0.1, -0.05) is 78.9 Å². The van der Waals surface area contributed by atoms with E-state index in [9.17, 15) is 0 Å². The molecule has 0 fully saturated rings. The molecule has 45 heavy (non-hydrogen) atoms. The Bertz CT molecular complexity index is 2830. The first kappa shape index (κ1) is 24.7. The molecule has 0 saturated carbocycles. The van der Waals surface area contributed by atoms with Gasteiger partial charge in [-0.2, -0.15) is 0 Å². The van der Waals surface area contributed by atoms with Crippen molar-refractivity contribution in [1.29, 1.82) is 0 Å². The van der Waals surface area contributed by atoms with E-state index in [-0.39, 0.29) is 0 Å². The second-order valence-corrected chi connectivity index (χ2v) is 12.7. The average molecular weight is 590 g/mol. The summed E-state index contributed by atoms with van der Waals surface area (Å²) in [5.41, 5.74) is 6.98. The van der Waals surface area contributed by atoms with Gasteiger partial charge < -0.3 is 0 Å². The maximum atomic E-state index is 5.27. The van der Waals surface area contributed by atoms with Gasteiger partial charge in [-0.05, 0) is 76.1 Å². The molecule has 0 aliphatic rings. The van der Waals surface area contributed by atoms with Crippen molar-refractivity contribution in [2.45, 2.75) is 0 Å². The molecule has 0 aliphatic heterocycles. The minimum Gasteiger partial charge on any atom is -0.254 e. The Morgan fingerprint density at radius 3 is 1.91 bits per heavy atom. The fraction of sp³-hybridized carbons (Fsp3) is 0. The summed E-state index contributed by atoms with van der Waals surface area (Å²) in [4.78, 5) is 15.2. The van der Waals surface area contributed by atoms with Gasteiger partial charge >= 0.3 is 0 Å². The molecule has 6 aromatic carbocycles. The molecule has 10 rings (SSSR count). The summed E-state index contributed by atoms with van der Waals surface area (Å²) in [5.74, 6) is 0. The van der Waals surface area contributed by atoms with Gasteiger partial charge in [0.2, 0.25) is 0 Å². The number of benzene rings is 6. The molecule has 4 heteroatoms. The van der Waals surface area contributed by atoms with E-state index in [1.54, 1.807) is 0 Å². The summed E-state index contributed by atoms with van der Waals surface area (Å²) in [6.07, 6.45) is 1.84. The molecule has 0 bridgehead atoms. The molecule has 0 N–H and O–H groups in total. The van der Waals surface area contributed by atoms with Gasteiger partial charge in [-0.25, -0.2) is 9.97 Å². The van der Waals surface area contributed by atoms with Gasteiger partial charge in [-0.3, -0.25) is 4.98 Å². The molecule has 0 atom stereocenters. The van der Waals surface area contributed by atoms with Crippen molar-refractivity contribution >= 4 is 85.8 Å². The quantitative estimate of drug-likeness (QED) is 0.149. The first-order valence-corrected chi connectivity index (χ1v) is 15.9. The van der Waals surface area contributed by atoms with Gasteiger partial charge in [0, 0.05) is 53.7 Å². The van der Waals surface area contributed by atoms with E-state index >= 15 is 0 Å². The van der Waals surface area contributed by atoms with Gasteiger partial charge in [0.1, 0.15) is 0 Å². The van der Waals surface area contributed by atoms with E-state index in [4.69, 9.17) is 9.97 Å². The van der Waals surface area contributed by atoms with Crippen molar-refractivity contribution in [1.82, 2.24) is 15.0 Å². The molecule has 0 aliphatic carbocycles. The number of aromatic nitrogens is 3. The zero-order valence-corrected chi connectivity index (χ0v) is 24.8. The third-order valence-corrected chi connectivity index (χ3v) is 10.2. The summed E-state index contributed by atoms with van der Waals surface area (Å²) in [7, 11) is 0. The van der Waals surface area contributed by atoms with Gasteiger partial charge in [0.15, 0.2) is 0 Å². The van der Waals surface area contributed by atoms with Crippen molar-refractivity contribution in [3.63, 3.8) is 0 Å². The van der Waals surface area contributed by atoms with Crippen molar-refractivity contribution in [2.24, 2.45) is 0 Å². The molecular formula is C41H23N3S. The SMILES string of the molecule is c1ccc2cc3c(-c4ccc5ccc6cccnc6c5n4)ccc(-c4ccc5c(ccc6sc7ccccc7c65)n4)c3cc2c1. The Kier molecular flexibility index (Phi) is 5.16. The lowest BCUT2D eigenvalue weighted by atomic mass is 9.92. The van der Waals surface area contributed by atoms with Crippen LogP contribution in [0.5, 0.6) is 0 Å². The Morgan fingerprint density at radius 1 is 0.422 bits per heavy atom. The normalized spacial score (nSPS) is 12.0. The highest BCUT2D eigenvalue weighted by molar-refractivity contribution is 7.26. The molecule has 208 valence electrons. The zero-order chi connectivity index (χ0) is 29.5. The predicted molar refractivity (Wildman–Crippen MR) is 191 cm³/mol. The summed E-state index contributed by atoms with van der Waals surface area (Å²) in [5, 5.41) is 10.7. The third kappa shape index (κ3) is 3.73. The Balaban J connectivity index is 1.22. The smallest absolute Gasteiger partial charge is 0.0972 e. The van der Waals surface area contributed by atoms with Crippen LogP contribution in [0.1, 0.15) is 0 Å². The zero-order valence-electron chi connectivity index (χ0n) is 24.0. The van der Waals surface area contributed by atoms with Crippen LogP contribution in [-0.2, 0) is 0 Å². The maximum absolute atomic E-state index is 5.27. The molecule has 0 spiro atoms. The third-order valence-electron chi connectivity index (χ3n) is 9.08. The van der Waals surface area contributed by atoms with Crippen LogP contribution < -0.4 is 0 Å². The van der Waals surface area contributed by atoms with Crippen LogP contribution in [0.25, 0.3) is 96.9 Å². The first-order valence-electron chi connectivity index (χ1n) is 15.1. The van der Waals surface area contributed by atoms with E-state index < -0.39 is 0 Å². The minimum absolute atomic E-state index is 0.923. The van der Waals surface area contributed by atoms with E-state index in [0.717, 1.165) is 60.6 Å². The van der Waals surface area contributed by atoms with Crippen LogP contribution in [0.15, 0.2) is 140 Å². The number of nitrogens with zero attached hydrogens (tertiary/aromatic N) is 3. The summed E-state index contributed by atoms with van der Waals surface area (Å²) < 4.78 is 2.61. The van der Waals surface area contributed by atoms with Crippen LogP contribution in [0.3, 0.4) is 0 Å². The molecule has 0 radical (unpaired) electrons.